The smallest absolute Gasteiger partial charge is 0.335 e. The van der Waals surface area contributed by atoms with Crippen molar-refractivity contribution in [3.63, 3.8) is 0 Å². The number of phenols is 2. The molecule has 0 aliphatic carbocycles. The molecule has 5 heteroatoms. The number of carbonyl (C=O) groups is 1. The quantitative estimate of drug-likeness (QED) is 0.508. The summed E-state index contributed by atoms with van der Waals surface area (Å²) in [6, 6.07) is 1.87. The Kier molecular flexibility index (Phi) is 1.78. The van der Waals surface area contributed by atoms with Crippen molar-refractivity contribution in [1.29, 1.82) is 0 Å². The van der Waals surface area contributed by atoms with Crippen LogP contribution in [0.1, 0.15) is 10.4 Å². The topological polar surface area (TPSA) is 101 Å². The van der Waals surface area contributed by atoms with Crippen LogP contribution in [0.2, 0.25) is 0 Å². The van der Waals surface area contributed by atoms with Crippen molar-refractivity contribution < 1.29 is 25.2 Å². The molecule has 0 saturated heterocycles. The molecule has 0 atom stereocenters. The van der Waals surface area contributed by atoms with Gasteiger partial charge in [0.25, 0.3) is 0 Å². The molecule has 0 radical (unpaired) electrons. The van der Waals surface area contributed by atoms with E-state index in [1.54, 1.807) is 0 Å². The lowest BCUT2D eigenvalue weighted by molar-refractivity contribution is -0.270. The maximum absolute atomic E-state index is 10.8. The van der Waals surface area contributed by atoms with E-state index in [1.165, 1.54) is 0 Å². The zero-order valence-electron chi connectivity index (χ0n) is 5.81. The van der Waals surface area contributed by atoms with Crippen molar-refractivity contribution in [2.24, 2.45) is 0 Å². The molecular formula is C7H5O5-. The highest BCUT2D eigenvalue weighted by Crippen LogP contribution is 2.34. The number of benzene rings is 1. The fourth-order valence-electron chi connectivity index (χ4n) is 0.729. The summed E-state index contributed by atoms with van der Waals surface area (Å²) in [5.74, 6) is -4.07. The molecule has 0 amide bonds. The zero-order valence-corrected chi connectivity index (χ0v) is 5.81. The monoisotopic (exact) mass is 169 g/mol. The van der Waals surface area contributed by atoms with Crippen LogP contribution in [0.3, 0.4) is 0 Å². The van der Waals surface area contributed by atoms with Crippen LogP contribution in [0, 0.1) is 0 Å². The van der Waals surface area contributed by atoms with Gasteiger partial charge in [-0.3, -0.25) is 0 Å². The van der Waals surface area contributed by atoms with Crippen LogP contribution in [-0.2, 0) is 0 Å². The van der Waals surface area contributed by atoms with E-state index in [2.05, 4.69) is 0 Å². The maximum atomic E-state index is 10.8. The van der Waals surface area contributed by atoms with Gasteiger partial charge in [-0.05, 0) is 17.9 Å². The molecule has 64 valence electrons. The lowest BCUT2D eigenvalue weighted by Crippen LogP contribution is -2.03. The van der Waals surface area contributed by atoms with Crippen molar-refractivity contribution in [2.75, 3.05) is 0 Å². The van der Waals surface area contributed by atoms with E-state index in [1.807, 2.05) is 0 Å². The fraction of sp³-hybridized carbons (Fsp3) is 0. The van der Waals surface area contributed by atoms with Gasteiger partial charge in [-0.1, -0.05) is 0 Å². The number of carboxylic acids is 1. The summed E-state index contributed by atoms with van der Waals surface area (Å²) in [5.41, 5.74) is -0.565. The number of hydrogen-bond acceptors (Lipinski definition) is 4. The second kappa shape index (κ2) is 2.61. The first-order valence-electron chi connectivity index (χ1n) is 2.99. The van der Waals surface area contributed by atoms with Gasteiger partial charge in [-0.25, -0.2) is 4.79 Å². The number of rotatable bonds is 1. The van der Waals surface area contributed by atoms with Crippen molar-refractivity contribution in [1.82, 2.24) is 0 Å². The third-order valence-electron chi connectivity index (χ3n) is 1.34. The summed E-state index contributed by atoms with van der Waals surface area (Å²) in [4.78, 5) is 10.3. The van der Waals surface area contributed by atoms with Gasteiger partial charge in [0.1, 0.15) is 5.75 Å². The largest absolute Gasteiger partial charge is 0.869 e. The summed E-state index contributed by atoms with van der Waals surface area (Å²) in [7, 11) is 0. The molecule has 0 unspecified atom stereocenters. The van der Waals surface area contributed by atoms with Gasteiger partial charge in [-0.15, -0.1) is 0 Å². The van der Waals surface area contributed by atoms with Crippen LogP contribution < -0.4 is 5.11 Å². The van der Waals surface area contributed by atoms with Crippen LogP contribution in [0.15, 0.2) is 12.1 Å². The van der Waals surface area contributed by atoms with Crippen LogP contribution in [-0.4, -0.2) is 21.3 Å². The molecule has 0 aromatic heterocycles. The highest BCUT2D eigenvalue weighted by Gasteiger charge is 2.08. The lowest BCUT2D eigenvalue weighted by Gasteiger charge is -2.12. The molecule has 0 aliphatic rings. The van der Waals surface area contributed by atoms with Crippen molar-refractivity contribution in [3.8, 4) is 17.2 Å². The Hall–Kier alpha value is -1.91. The molecule has 0 heterocycles. The highest BCUT2D eigenvalue weighted by molar-refractivity contribution is 5.92. The Morgan fingerprint density at radius 3 is 2.42 bits per heavy atom. The minimum atomic E-state index is -1.43. The van der Waals surface area contributed by atoms with E-state index in [0.717, 1.165) is 12.1 Å². The molecule has 3 N–H and O–H groups in total. The number of hydrogen-bond donors (Lipinski definition) is 3. The molecule has 0 aliphatic heterocycles. The van der Waals surface area contributed by atoms with Gasteiger partial charge in [-0.2, -0.15) is 0 Å². The molecule has 1 rings (SSSR count). The summed E-state index contributed by atoms with van der Waals surface area (Å²) in [6.45, 7) is 0. The predicted octanol–water partition coefficient (Wildman–Crippen LogP) is -0.130. The van der Waals surface area contributed by atoms with E-state index < -0.39 is 28.8 Å². The van der Waals surface area contributed by atoms with Gasteiger partial charge >= 0.3 is 5.97 Å². The van der Waals surface area contributed by atoms with E-state index in [9.17, 15) is 9.90 Å². The van der Waals surface area contributed by atoms with E-state index in [0.29, 0.717) is 0 Å². The number of aromatic carboxylic acids is 1. The van der Waals surface area contributed by atoms with Crippen LogP contribution in [0.4, 0.5) is 0 Å². The molecule has 0 fully saturated rings. The third kappa shape index (κ3) is 1.12. The Bertz CT molecular complexity index is 331. The van der Waals surface area contributed by atoms with Gasteiger partial charge in [0.2, 0.25) is 0 Å². The summed E-state index contributed by atoms with van der Waals surface area (Å²) in [5, 5.41) is 36.8. The second-order valence-electron chi connectivity index (χ2n) is 2.12. The summed E-state index contributed by atoms with van der Waals surface area (Å²) >= 11 is 0. The number of carboxylic acid groups (broad SMARTS) is 1. The first-order chi connectivity index (χ1) is 5.54. The molecule has 5 nitrogen and oxygen atoms in total. The highest BCUT2D eigenvalue weighted by atomic mass is 16.4. The maximum Gasteiger partial charge on any atom is 0.335 e. The second-order valence-corrected chi connectivity index (χ2v) is 2.12. The molecule has 1 aromatic carbocycles. The van der Waals surface area contributed by atoms with Gasteiger partial charge in [0.15, 0.2) is 5.75 Å². The van der Waals surface area contributed by atoms with E-state index in [-0.39, 0.29) is 0 Å². The van der Waals surface area contributed by atoms with Crippen LogP contribution in [0.5, 0.6) is 17.2 Å². The molecular weight excluding hydrogens is 164 g/mol. The SMILES string of the molecule is O=C(O)c1ccc(O)c(O)c1[O-]. The standard InChI is InChI=1S/C7H6O5/c8-4-2-1-3(7(11)12)5(9)6(4)10/h1-2,8-10H,(H,11,12)/p-1. The Morgan fingerprint density at radius 2 is 1.92 bits per heavy atom. The Labute approximate surface area is 67.1 Å². The average molecular weight is 169 g/mol. The molecule has 12 heavy (non-hydrogen) atoms. The van der Waals surface area contributed by atoms with Gasteiger partial charge in [0, 0.05) is 0 Å². The summed E-state index contributed by atoms with van der Waals surface area (Å²) < 4.78 is 0. The normalized spacial score (nSPS) is 9.67. The molecule has 0 bridgehead atoms. The Morgan fingerprint density at radius 1 is 1.33 bits per heavy atom. The zero-order chi connectivity index (χ0) is 9.30. The first kappa shape index (κ1) is 8.19. The molecule has 0 saturated carbocycles. The minimum absolute atomic E-state index is 0.565. The van der Waals surface area contributed by atoms with Crippen molar-refractivity contribution in [2.45, 2.75) is 0 Å². The predicted molar refractivity (Wildman–Crippen MR) is 36.2 cm³/mol. The van der Waals surface area contributed by atoms with Gasteiger partial charge in [0.05, 0.1) is 5.56 Å². The first-order valence-corrected chi connectivity index (χ1v) is 2.99. The molecule has 1 aromatic rings. The van der Waals surface area contributed by atoms with Crippen LogP contribution in [0.25, 0.3) is 0 Å². The minimum Gasteiger partial charge on any atom is -0.869 e. The fourth-order valence-corrected chi connectivity index (χ4v) is 0.729. The van der Waals surface area contributed by atoms with Gasteiger partial charge < -0.3 is 20.4 Å². The average Bonchev–Trinajstić information content (AvgIpc) is 2.00. The number of phenolic OH excluding ortho intramolecular Hbond substituents is 2. The van der Waals surface area contributed by atoms with E-state index >= 15 is 0 Å². The third-order valence-corrected chi connectivity index (χ3v) is 1.34. The van der Waals surface area contributed by atoms with E-state index in [4.69, 9.17) is 15.3 Å². The lowest BCUT2D eigenvalue weighted by atomic mass is 10.2. The summed E-state index contributed by atoms with van der Waals surface area (Å²) in [6.07, 6.45) is 0. The molecule has 0 spiro atoms. The van der Waals surface area contributed by atoms with Crippen LogP contribution >= 0.6 is 0 Å². The Balaban J connectivity index is 3.36. The number of aromatic hydroxyl groups is 2. The van der Waals surface area contributed by atoms with Crippen molar-refractivity contribution in [3.05, 3.63) is 17.7 Å². The van der Waals surface area contributed by atoms with Crippen molar-refractivity contribution >= 4 is 5.97 Å².